The lowest BCUT2D eigenvalue weighted by Crippen LogP contribution is -1.92. The van der Waals surface area contributed by atoms with Crippen LogP contribution in [0.5, 0.6) is 0 Å². The second kappa shape index (κ2) is 9.90. The van der Waals surface area contributed by atoms with Crippen molar-refractivity contribution in [2.75, 3.05) is 0 Å². The molecule has 6 aromatic carbocycles. The number of rotatable bonds is 5. The summed E-state index contributed by atoms with van der Waals surface area (Å²) >= 11 is 0. The van der Waals surface area contributed by atoms with Crippen molar-refractivity contribution in [2.45, 2.75) is 0 Å². The van der Waals surface area contributed by atoms with Gasteiger partial charge >= 0.3 is 0 Å². The quantitative estimate of drug-likeness (QED) is 0.241. The molecule has 36 heavy (non-hydrogen) atoms. The Morgan fingerprint density at radius 2 is 0.556 bits per heavy atom. The Hall–Kier alpha value is -4.68. The highest BCUT2D eigenvalue weighted by Gasteiger charge is 2.16. The molecule has 170 valence electrons. The summed E-state index contributed by atoms with van der Waals surface area (Å²) in [7, 11) is 0. The highest BCUT2D eigenvalue weighted by Crippen LogP contribution is 2.42. The van der Waals surface area contributed by atoms with Crippen LogP contribution < -0.4 is 0 Å². The van der Waals surface area contributed by atoms with E-state index in [2.05, 4.69) is 158 Å². The summed E-state index contributed by atoms with van der Waals surface area (Å²) in [6.45, 7) is 0. The smallest absolute Gasteiger partial charge is 0.00930 e. The molecule has 0 N–H and O–H groups in total. The molecule has 0 spiro atoms. The summed E-state index contributed by atoms with van der Waals surface area (Å²) in [5.74, 6) is 0. The average molecular weight is 459 g/mol. The van der Waals surface area contributed by atoms with Crippen molar-refractivity contribution in [2.24, 2.45) is 0 Å². The highest BCUT2D eigenvalue weighted by atomic mass is 14.2. The molecule has 0 aliphatic carbocycles. The van der Waals surface area contributed by atoms with Crippen molar-refractivity contribution in [3.8, 4) is 55.6 Å². The SMILES string of the molecule is c1ccc(-c2ccc(-c3ccccc3)c(-c3ccccc3-c3ccccc3-c3ccccc3)c2)cc1. The molecule has 0 nitrogen and oxygen atoms in total. The van der Waals surface area contributed by atoms with Gasteiger partial charge in [-0.15, -0.1) is 0 Å². The maximum atomic E-state index is 2.35. The minimum atomic E-state index is 1.22. The van der Waals surface area contributed by atoms with Crippen LogP contribution in [0.2, 0.25) is 0 Å². The molecule has 6 rings (SSSR count). The second-order valence-corrected chi connectivity index (χ2v) is 8.95. The minimum Gasteiger partial charge on any atom is -0.0622 e. The highest BCUT2D eigenvalue weighted by molar-refractivity contribution is 5.97. The van der Waals surface area contributed by atoms with Gasteiger partial charge in [0, 0.05) is 0 Å². The Morgan fingerprint density at radius 1 is 0.194 bits per heavy atom. The fraction of sp³-hybridized carbons (Fsp3) is 0. The van der Waals surface area contributed by atoms with Crippen LogP contribution in [0.1, 0.15) is 0 Å². The Kier molecular flexibility index (Phi) is 6.00. The lowest BCUT2D eigenvalue weighted by Gasteiger charge is -2.18. The largest absolute Gasteiger partial charge is 0.0622 e. The lowest BCUT2D eigenvalue weighted by molar-refractivity contribution is 1.54. The van der Waals surface area contributed by atoms with Crippen molar-refractivity contribution in [1.82, 2.24) is 0 Å². The lowest BCUT2D eigenvalue weighted by atomic mass is 9.85. The first-order valence-electron chi connectivity index (χ1n) is 12.4. The van der Waals surface area contributed by atoms with E-state index in [1.54, 1.807) is 0 Å². The molecule has 0 unspecified atom stereocenters. The van der Waals surface area contributed by atoms with E-state index in [9.17, 15) is 0 Å². The number of benzene rings is 6. The minimum absolute atomic E-state index is 1.22. The Balaban J connectivity index is 1.60. The van der Waals surface area contributed by atoms with Gasteiger partial charge in [0.2, 0.25) is 0 Å². The van der Waals surface area contributed by atoms with E-state index >= 15 is 0 Å². The van der Waals surface area contributed by atoms with E-state index in [4.69, 9.17) is 0 Å². The van der Waals surface area contributed by atoms with Gasteiger partial charge in [-0.3, -0.25) is 0 Å². The van der Waals surface area contributed by atoms with Crippen LogP contribution in [0.4, 0.5) is 0 Å². The van der Waals surface area contributed by atoms with E-state index in [0.29, 0.717) is 0 Å². The van der Waals surface area contributed by atoms with Crippen molar-refractivity contribution in [1.29, 1.82) is 0 Å². The summed E-state index contributed by atoms with van der Waals surface area (Å²) in [6.07, 6.45) is 0. The van der Waals surface area contributed by atoms with Gasteiger partial charge in [0.25, 0.3) is 0 Å². The molecule has 6 aromatic rings. The van der Waals surface area contributed by atoms with Crippen molar-refractivity contribution in [3.63, 3.8) is 0 Å². The van der Waals surface area contributed by atoms with Crippen molar-refractivity contribution >= 4 is 0 Å². The zero-order valence-corrected chi connectivity index (χ0v) is 20.0. The second-order valence-electron chi connectivity index (χ2n) is 8.95. The van der Waals surface area contributed by atoms with Gasteiger partial charge in [0.05, 0.1) is 0 Å². The molecule has 0 aliphatic heterocycles. The van der Waals surface area contributed by atoms with E-state index in [1.807, 2.05) is 0 Å². The zero-order valence-electron chi connectivity index (χ0n) is 20.0. The molecule has 0 radical (unpaired) electrons. The van der Waals surface area contributed by atoms with Crippen LogP contribution in [0.15, 0.2) is 158 Å². The summed E-state index contributed by atoms with van der Waals surface area (Å²) in [5.41, 5.74) is 12.3. The number of hydrogen-bond donors (Lipinski definition) is 0. The summed E-state index contributed by atoms with van der Waals surface area (Å²) in [4.78, 5) is 0. The fourth-order valence-corrected chi connectivity index (χ4v) is 4.99. The van der Waals surface area contributed by atoms with Gasteiger partial charge < -0.3 is 0 Å². The molecular formula is C36H26. The maximum absolute atomic E-state index is 2.35. The van der Waals surface area contributed by atoms with Crippen molar-refractivity contribution < 1.29 is 0 Å². The topological polar surface area (TPSA) is 0 Å². The predicted molar refractivity (Wildman–Crippen MR) is 154 cm³/mol. The van der Waals surface area contributed by atoms with E-state index < -0.39 is 0 Å². The Labute approximate surface area is 213 Å². The molecule has 0 amide bonds. The molecule has 0 atom stereocenters. The first-order valence-corrected chi connectivity index (χ1v) is 12.4. The summed E-state index contributed by atoms with van der Waals surface area (Å²) in [5, 5.41) is 0. The Morgan fingerprint density at radius 3 is 1.08 bits per heavy atom. The number of hydrogen-bond acceptors (Lipinski definition) is 0. The first kappa shape index (κ1) is 21.8. The van der Waals surface area contributed by atoms with Crippen molar-refractivity contribution in [3.05, 3.63) is 158 Å². The Bertz CT molecular complexity index is 1600. The van der Waals surface area contributed by atoms with Gasteiger partial charge in [-0.05, 0) is 61.7 Å². The van der Waals surface area contributed by atoms with E-state index in [1.165, 1.54) is 55.6 Å². The van der Waals surface area contributed by atoms with Crippen LogP contribution in [0.3, 0.4) is 0 Å². The van der Waals surface area contributed by atoms with Gasteiger partial charge in [-0.2, -0.15) is 0 Å². The molecule has 0 aliphatic rings. The zero-order chi connectivity index (χ0) is 24.2. The van der Waals surface area contributed by atoms with Crippen LogP contribution in [-0.4, -0.2) is 0 Å². The standard InChI is InChI=1S/C36H26/c1-4-14-27(15-5-1)30-24-25-32(29-18-8-3-9-19-29)36(26-30)35-23-13-12-22-34(35)33-21-11-10-20-31(33)28-16-6-2-7-17-28/h1-26H. The molecule has 0 heteroatoms. The van der Waals surface area contributed by atoms with Crippen LogP contribution in [0, 0.1) is 0 Å². The third-order valence-corrected chi connectivity index (χ3v) is 6.73. The molecule has 0 aromatic heterocycles. The monoisotopic (exact) mass is 458 g/mol. The van der Waals surface area contributed by atoms with Gasteiger partial charge in [0.15, 0.2) is 0 Å². The van der Waals surface area contributed by atoms with Gasteiger partial charge in [-0.25, -0.2) is 0 Å². The van der Waals surface area contributed by atoms with E-state index in [-0.39, 0.29) is 0 Å². The van der Waals surface area contributed by atoms with Crippen LogP contribution in [-0.2, 0) is 0 Å². The maximum Gasteiger partial charge on any atom is -0.00930 e. The van der Waals surface area contributed by atoms with Crippen LogP contribution >= 0.6 is 0 Å². The predicted octanol–water partition coefficient (Wildman–Crippen LogP) is 10.0. The van der Waals surface area contributed by atoms with Gasteiger partial charge in [0.1, 0.15) is 0 Å². The van der Waals surface area contributed by atoms with Crippen LogP contribution in [0.25, 0.3) is 55.6 Å². The average Bonchev–Trinajstić information content (AvgIpc) is 2.98. The molecular weight excluding hydrogens is 432 g/mol. The fourth-order valence-electron chi connectivity index (χ4n) is 4.99. The summed E-state index contributed by atoms with van der Waals surface area (Å²) < 4.78 is 0. The van der Waals surface area contributed by atoms with E-state index in [0.717, 1.165) is 0 Å². The molecule has 0 saturated carbocycles. The normalized spacial score (nSPS) is 10.8. The third kappa shape index (κ3) is 4.26. The molecule has 0 heterocycles. The molecule has 0 saturated heterocycles. The molecule has 0 fully saturated rings. The molecule has 0 bridgehead atoms. The van der Waals surface area contributed by atoms with Gasteiger partial charge in [-0.1, -0.05) is 152 Å². The third-order valence-electron chi connectivity index (χ3n) is 6.73. The first-order chi connectivity index (χ1) is 17.9. The summed E-state index contributed by atoms with van der Waals surface area (Å²) in [6, 6.07) is 56.4.